The van der Waals surface area contributed by atoms with Gasteiger partial charge in [0.05, 0.1) is 19.4 Å². The van der Waals surface area contributed by atoms with E-state index >= 15 is 0 Å². The molecule has 41 heavy (non-hydrogen) atoms. The topological polar surface area (TPSA) is 84.9 Å². The molecule has 0 bridgehead atoms. The van der Waals surface area contributed by atoms with Gasteiger partial charge in [0.1, 0.15) is 11.2 Å². The van der Waals surface area contributed by atoms with Gasteiger partial charge >= 0.3 is 7.60 Å². The van der Waals surface area contributed by atoms with Crippen molar-refractivity contribution in [3.63, 3.8) is 0 Å². The predicted molar refractivity (Wildman–Crippen MR) is 166 cm³/mol. The Kier molecular flexibility index (Phi) is 11.2. The van der Waals surface area contributed by atoms with Crippen molar-refractivity contribution in [3.05, 3.63) is 89.5 Å². The molecule has 0 aromatic heterocycles. The summed E-state index contributed by atoms with van der Waals surface area (Å²) in [6, 6.07) is 23.5. The van der Waals surface area contributed by atoms with Crippen LogP contribution < -0.4 is 5.32 Å². The largest absolute Gasteiger partial charge is 0.508 e. The van der Waals surface area contributed by atoms with Gasteiger partial charge in [-0.05, 0) is 72.1 Å². The van der Waals surface area contributed by atoms with E-state index in [1.165, 1.54) is 0 Å². The molecule has 220 valence electrons. The van der Waals surface area contributed by atoms with Crippen LogP contribution in [0.1, 0.15) is 75.5 Å². The molecular formula is C34H44NO5P. The highest BCUT2D eigenvalue weighted by molar-refractivity contribution is 7.53. The van der Waals surface area contributed by atoms with Gasteiger partial charge in [0, 0.05) is 6.54 Å². The molecule has 6 nitrogen and oxygen atoms in total. The Morgan fingerprint density at radius 1 is 0.829 bits per heavy atom. The molecule has 0 unspecified atom stereocenters. The summed E-state index contributed by atoms with van der Waals surface area (Å²) < 4.78 is 25.2. The molecular weight excluding hydrogens is 533 g/mol. The van der Waals surface area contributed by atoms with Crippen molar-refractivity contribution < 1.29 is 23.5 Å². The van der Waals surface area contributed by atoms with E-state index in [0.717, 1.165) is 53.5 Å². The summed E-state index contributed by atoms with van der Waals surface area (Å²) in [5.41, 5.74) is 4.32. The summed E-state index contributed by atoms with van der Waals surface area (Å²) in [5, 5.41) is 13.0. The van der Waals surface area contributed by atoms with Crippen molar-refractivity contribution in [2.75, 3.05) is 25.9 Å². The number of unbranched alkanes of at least 4 members (excludes halogenated alkanes) is 3. The van der Waals surface area contributed by atoms with E-state index in [0.29, 0.717) is 51.6 Å². The van der Waals surface area contributed by atoms with Gasteiger partial charge in [-0.15, -0.1) is 0 Å². The molecule has 0 aliphatic heterocycles. The molecule has 1 amide bonds. The third-order valence-electron chi connectivity index (χ3n) is 7.87. The first-order valence-corrected chi connectivity index (χ1v) is 16.8. The zero-order chi connectivity index (χ0) is 29.1. The minimum absolute atomic E-state index is 0.0309. The van der Waals surface area contributed by atoms with Gasteiger partial charge in [0.15, 0.2) is 0 Å². The lowest BCUT2D eigenvalue weighted by Crippen LogP contribution is -2.45. The molecule has 0 atom stereocenters. The van der Waals surface area contributed by atoms with Crippen LogP contribution in [0.5, 0.6) is 5.75 Å². The molecule has 0 saturated carbocycles. The molecule has 0 radical (unpaired) electrons. The number of rotatable bonds is 17. The van der Waals surface area contributed by atoms with Gasteiger partial charge in [-0.1, -0.05) is 93.8 Å². The molecule has 2 N–H and O–H groups in total. The number of hydrogen-bond donors (Lipinski definition) is 2. The van der Waals surface area contributed by atoms with Gasteiger partial charge in [-0.2, -0.15) is 0 Å². The fourth-order valence-electron chi connectivity index (χ4n) is 5.69. The normalized spacial score (nSPS) is 13.5. The van der Waals surface area contributed by atoms with Gasteiger partial charge in [-0.25, -0.2) is 0 Å². The maximum absolute atomic E-state index is 14.2. The van der Waals surface area contributed by atoms with Crippen molar-refractivity contribution >= 4 is 13.5 Å². The summed E-state index contributed by atoms with van der Waals surface area (Å²) >= 11 is 0. The monoisotopic (exact) mass is 577 g/mol. The van der Waals surface area contributed by atoms with E-state index in [-0.39, 0.29) is 11.7 Å². The highest BCUT2D eigenvalue weighted by atomic mass is 31.2. The highest BCUT2D eigenvalue weighted by Crippen LogP contribution is 2.53. The number of carbonyl (C=O) groups excluding carboxylic acids is 1. The maximum Gasteiger partial charge on any atom is 0.330 e. The van der Waals surface area contributed by atoms with E-state index < -0.39 is 13.0 Å². The summed E-state index contributed by atoms with van der Waals surface area (Å²) in [4.78, 5) is 14.2. The molecule has 0 heterocycles. The maximum atomic E-state index is 14.2. The minimum Gasteiger partial charge on any atom is -0.508 e. The van der Waals surface area contributed by atoms with E-state index in [1.807, 2.05) is 36.4 Å². The number of phenolic OH excluding ortho intramolecular Hbond substituents is 1. The Hall–Kier alpha value is -2.92. The van der Waals surface area contributed by atoms with E-state index in [9.17, 15) is 14.5 Å². The van der Waals surface area contributed by atoms with Gasteiger partial charge < -0.3 is 19.5 Å². The number of aromatic hydroxyl groups is 1. The Bertz CT molecular complexity index is 1280. The minimum atomic E-state index is -3.19. The second-order valence-corrected chi connectivity index (χ2v) is 13.0. The van der Waals surface area contributed by atoms with E-state index in [4.69, 9.17) is 9.05 Å². The number of benzene rings is 3. The predicted octanol–water partition coefficient (Wildman–Crippen LogP) is 8.01. The van der Waals surface area contributed by atoms with Crippen LogP contribution >= 0.6 is 7.60 Å². The van der Waals surface area contributed by atoms with Crippen LogP contribution in [0.4, 0.5) is 0 Å². The highest BCUT2D eigenvalue weighted by Gasteiger charge is 2.48. The second-order valence-electron chi connectivity index (χ2n) is 10.8. The molecule has 3 aromatic rings. The lowest BCUT2D eigenvalue weighted by Gasteiger charge is -2.31. The van der Waals surface area contributed by atoms with Crippen molar-refractivity contribution in [1.82, 2.24) is 5.32 Å². The lowest BCUT2D eigenvalue weighted by molar-refractivity contribution is -0.125. The van der Waals surface area contributed by atoms with Crippen LogP contribution in [0.2, 0.25) is 0 Å². The molecule has 1 aliphatic carbocycles. The number of nitrogens with one attached hydrogen (secondary N) is 1. The van der Waals surface area contributed by atoms with Crippen molar-refractivity contribution in [3.8, 4) is 16.9 Å². The molecule has 4 rings (SSSR count). The molecule has 0 saturated heterocycles. The number of carbonyl (C=O) groups is 1. The average molecular weight is 578 g/mol. The van der Waals surface area contributed by atoms with Crippen molar-refractivity contribution in [2.24, 2.45) is 0 Å². The van der Waals surface area contributed by atoms with Crippen LogP contribution in [0.15, 0.2) is 72.8 Å². The Labute approximate surface area is 245 Å². The van der Waals surface area contributed by atoms with Gasteiger partial charge in [0.25, 0.3) is 0 Å². The third kappa shape index (κ3) is 7.48. The first kappa shape index (κ1) is 31.0. The zero-order valence-electron chi connectivity index (χ0n) is 24.4. The second kappa shape index (κ2) is 14.8. The Morgan fingerprint density at radius 3 is 2.02 bits per heavy atom. The average Bonchev–Trinajstić information content (AvgIpc) is 3.26. The van der Waals surface area contributed by atoms with Crippen LogP contribution in [0.3, 0.4) is 0 Å². The molecule has 1 aliphatic rings. The van der Waals surface area contributed by atoms with Gasteiger partial charge in [-0.3, -0.25) is 9.36 Å². The molecule has 0 spiro atoms. The Balaban J connectivity index is 1.53. The number of fused-ring (bicyclic) bond motifs is 3. The molecule has 3 aromatic carbocycles. The zero-order valence-corrected chi connectivity index (χ0v) is 25.3. The van der Waals surface area contributed by atoms with Crippen LogP contribution in [-0.4, -0.2) is 36.9 Å². The summed E-state index contributed by atoms with van der Waals surface area (Å²) in [7, 11) is -3.19. The van der Waals surface area contributed by atoms with Gasteiger partial charge in [0.2, 0.25) is 5.91 Å². The quantitative estimate of drug-likeness (QED) is 0.125. The smallest absolute Gasteiger partial charge is 0.330 e. The van der Waals surface area contributed by atoms with Crippen molar-refractivity contribution in [2.45, 2.75) is 70.6 Å². The standard InChI is InChI=1S/C34H44NO5P/c1-3-5-23-39-41(38,40-24-6-4-2)25-12-11-21-34(33(37)35-22-20-27-14-13-15-28(36)26-27)31-18-9-7-16-29(31)30-17-8-10-19-32(30)34/h7-10,13-19,26,36H,3-6,11-12,20-25H2,1-2H3,(H,35,37). The fraction of sp³-hybridized carbons (Fsp3) is 0.441. The third-order valence-corrected chi connectivity index (χ3v) is 9.88. The number of phenols is 1. The number of amides is 1. The summed E-state index contributed by atoms with van der Waals surface area (Å²) in [6.45, 7) is 5.49. The fourth-order valence-corrected chi connectivity index (χ4v) is 7.45. The summed E-state index contributed by atoms with van der Waals surface area (Å²) in [6.07, 6.45) is 6.52. The van der Waals surface area contributed by atoms with E-state index in [1.54, 1.807) is 12.1 Å². The van der Waals surface area contributed by atoms with Crippen LogP contribution in [0.25, 0.3) is 11.1 Å². The number of hydrogen-bond acceptors (Lipinski definition) is 5. The first-order valence-electron chi connectivity index (χ1n) is 15.1. The van der Waals surface area contributed by atoms with Crippen LogP contribution in [0, 0.1) is 0 Å². The summed E-state index contributed by atoms with van der Waals surface area (Å²) in [5.74, 6) is 0.190. The van der Waals surface area contributed by atoms with Crippen molar-refractivity contribution in [1.29, 1.82) is 0 Å². The molecule has 7 heteroatoms. The first-order chi connectivity index (χ1) is 19.9. The Morgan fingerprint density at radius 2 is 1.44 bits per heavy atom. The lowest BCUT2D eigenvalue weighted by atomic mass is 9.73. The van der Waals surface area contributed by atoms with Crippen LogP contribution in [-0.2, 0) is 30.2 Å². The van der Waals surface area contributed by atoms with E-state index in [2.05, 4.69) is 43.4 Å². The SMILES string of the molecule is CCCCOP(=O)(CCCCC1(C(=O)NCCc2cccc(O)c2)c2ccccc2-c2ccccc21)OCCCC. The molecule has 0 fully saturated rings.